The van der Waals surface area contributed by atoms with Crippen LogP contribution in [0, 0.1) is 27.7 Å². The summed E-state index contributed by atoms with van der Waals surface area (Å²) in [6, 6.07) is 13.9. The number of nitrogens with one attached hydrogen (secondary N) is 2. The Morgan fingerprint density at radius 3 is 2.69 bits per heavy atom. The lowest BCUT2D eigenvalue weighted by molar-refractivity contribution is -0.116. The van der Waals surface area contributed by atoms with Gasteiger partial charge in [-0.2, -0.15) is 0 Å². The van der Waals surface area contributed by atoms with E-state index in [0.29, 0.717) is 4.91 Å². The van der Waals surface area contributed by atoms with Crippen molar-refractivity contribution < 1.29 is 9.53 Å². The molecular formula is C25H26ClN3O2S. The number of hydrogen-bond donors (Lipinski definition) is 2. The predicted octanol–water partition coefficient (Wildman–Crippen LogP) is 5.97. The third kappa shape index (κ3) is 4.25. The zero-order valence-electron chi connectivity index (χ0n) is 18.7. The van der Waals surface area contributed by atoms with Gasteiger partial charge in [-0.25, -0.2) is 0 Å². The van der Waals surface area contributed by atoms with Gasteiger partial charge in [-0.3, -0.25) is 4.79 Å². The summed E-state index contributed by atoms with van der Waals surface area (Å²) in [5.41, 5.74) is 6.92. The lowest BCUT2D eigenvalue weighted by atomic mass is 10.2. The zero-order chi connectivity index (χ0) is 23.0. The van der Waals surface area contributed by atoms with Gasteiger partial charge >= 0.3 is 0 Å². The standard InChI is InChI=1S/C25H26ClN3O2S/c1-14-9-10-22(31-5)20(11-14)27-25-28-24(30)23(32-25)13-18-12-15(2)29(17(18)4)21-8-6-7-19(26)16(21)3/h6-13,25,27H,1-5H3,(H,28,30)/b23-13-. The number of halogens is 1. The molecule has 4 rings (SSSR count). The van der Waals surface area contributed by atoms with Crippen LogP contribution in [0.1, 0.15) is 28.1 Å². The summed E-state index contributed by atoms with van der Waals surface area (Å²) in [5, 5.41) is 7.10. The first-order valence-corrected chi connectivity index (χ1v) is 11.6. The molecular weight excluding hydrogens is 442 g/mol. The number of benzene rings is 2. The molecule has 1 aliphatic rings. The van der Waals surface area contributed by atoms with E-state index in [9.17, 15) is 4.79 Å². The van der Waals surface area contributed by atoms with Gasteiger partial charge in [0.1, 0.15) is 5.75 Å². The van der Waals surface area contributed by atoms with Crippen LogP contribution in [-0.4, -0.2) is 23.1 Å². The summed E-state index contributed by atoms with van der Waals surface area (Å²) < 4.78 is 7.62. The number of carbonyl (C=O) groups is 1. The molecule has 1 aromatic heterocycles. The van der Waals surface area contributed by atoms with Gasteiger partial charge < -0.3 is 19.9 Å². The van der Waals surface area contributed by atoms with Crippen LogP contribution in [0.25, 0.3) is 11.8 Å². The molecule has 1 unspecified atom stereocenters. The maximum absolute atomic E-state index is 12.7. The Hall–Kier alpha value is -2.83. The molecule has 1 saturated heterocycles. The summed E-state index contributed by atoms with van der Waals surface area (Å²) in [6.45, 7) is 8.16. The second kappa shape index (κ2) is 8.96. The van der Waals surface area contributed by atoms with Gasteiger partial charge in [0.2, 0.25) is 0 Å². The number of amides is 1. The van der Waals surface area contributed by atoms with Crippen LogP contribution >= 0.6 is 23.4 Å². The number of carbonyl (C=O) groups excluding carboxylic acids is 1. The van der Waals surface area contributed by atoms with E-state index >= 15 is 0 Å². The SMILES string of the molecule is COc1ccc(C)cc1NC1NC(=O)/C(=C/c2cc(C)n(-c3cccc(Cl)c3C)c2C)S1. The first-order valence-electron chi connectivity index (χ1n) is 10.3. The molecule has 1 atom stereocenters. The van der Waals surface area contributed by atoms with Crippen LogP contribution in [0.15, 0.2) is 47.4 Å². The molecule has 0 radical (unpaired) electrons. The molecule has 2 heterocycles. The minimum absolute atomic E-state index is 0.0946. The number of rotatable bonds is 5. The molecule has 1 fully saturated rings. The summed E-state index contributed by atoms with van der Waals surface area (Å²) in [4.78, 5) is 13.3. The monoisotopic (exact) mass is 467 g/mol. The predicted molar refractivity (Wildman–Crippen MR) is 134 cm³/mol. The molecule has 1 amide bonds. The Labute approximate surface area is 197 Å². The van der Waals surface area contributed by atoms with Crippen molar-refractivity contribution in [1.82, 2.24) is 9.88 Å². The number of aryl methyl sites for hydroxylation is 2. The van der Waals surface area contributed by atoms with Crippen LogP contribution in [0.5, 0.6) is 5.75 Å². The van der Waals surface area contributed by atoms with E-state index in [4.69, 9.17) is 16.3 Å². The molecule has 0 saturated carbocycles. The molecule has 0 bridgehead atoms. The van der Waals surface area contributed by atoms with Gasteiger partial charge in [0, 0.05) is 22.1 Å². The van der Waals surface area contributed by atoms with Crippen LogP contribution in [0.2, 0.25) is 5.02 Å². The molecule has 7 heteroatoms. The van der Waals surface area contributed by atoms with E-state index in [1.165, 1.54) is 11.8 Å². The van der Waals surface area contributed by atoms with Crippen LogP contribution < -0.4 is 15.4 Å². The van der Waals surface area contributed by atoms with Crippen molar-refractivity contribution in [2.24, 2.45) is 0 Å². The van der Waals surface area contributed by atoms with Crippen molar-refractivity contribution in [2.75, 3.05) is 12.4 Å². The van der Waals surface area contributed by atoms with Gasteiger partial charge in [0.15, 0.2) is 5.50 Å². The fourth-order valence-electron chi connectivity index (χ4n) is 3.93. The van der Waals surface area contributed by atoms with Crippen LogP contribution in [0.3, 0.4) is 0 Å². The van der Waals surface area contributed by atoms with Crippen LogP contribution in [0.4, 0.5) is 5.69 Å². The van der Waals surface area contributed by atoms with E-state index in [0.717, 1.165) is 50.2 Å². The van der Waals surface area contributed by atoms with E-state index in [1.54, 1.807) is 7.11 Å². The highest BCUT2D eigenvalue weighted by atomic mass is 35.5. The highest BCUT2D eigenvalue weighted by Gasteiger charge is 2.28. The quantitative estimate of drug-likeness (QED) is 0.454. The van der Waals surface area contributed by atoms with Crippen molar-refractivity contribution in [1.29, 1.82) is 0 Å². The van der Waals surface area contributed by atoms with Crippen molar-refractivity contribution in [3.05, 3.63) is 80.5 Å². The molecule has 3 aromatic rings. The van der Waals surface area contributed by atoms with E-state index < -0.39 is 0 Å². The Balaban J connectivity index is 1.61. The smallest absolute Gasteiger partial charge is 0.260 e. The first-order chi connectivity index (χ1) is 15.3. The molecule has 1 aliphatic heterocycles. The van der Waals surface area contributed by atoms with Crippen molar-refractivity contribution >= 4 is 41.0 Å². The third-order valence-electron chi connectivity index (χ3n) is 5.61. The topological polar surface area (TPSA) is 55.3 Å². The van der Waals surface area contributed by atoms with Gasteiger partial charge in [-0.1, -0.05) is 35.5 Å². The Morgan fingerprint density at radius 1 is 1.16 bits per heavy atom. The normalized spacial score (nSPS) is 17.0. The molecule has 0 spiro atoms. The van der Waals surface area contributed by atoms with Gasteiger partial charge in [0.25, 0.3) is 5.91 Å². The average Bonchev–Trinajstić information content (AvgIpc) is 3.23. The third-order valence-corrected chi connectivity index (χ3v) is 7.05. The minimum atomic E-state index is -0.275. The highest BCUT2D eigenvalue weighted by molar-refractivity contribution is 8.05. The number of aromatic nitrogens is 1. The fraction of sp³-hybridized carbons (Fsp3) is 0.240. The minimum Gasteiger partial charge on any atom is -0.495 e. The Morgan fingerprint density at radius 2 is 1.94 bits per heavy atom. The molecule has 32 heavy (non-hydrogen) atoms. The summed E-state index contributed by atoms with van der Waals surface area (Å²) >= 11 is 7.81. The van der Waals surface area contributed by atoms with Gasteiger partial charge in [0.05, 0.1) is 17.7 Å². The number of ether oxygens (including phenoxy) is 1. The second-order valence-corrected chi connectivity index (χ2v) is 9.43. The average molecular weight is 468 g/mol. The number of nitrogens with zero attached hydrogens (tertiary/aromatic N) is 1. The fourth-order valence-corrected chi connectivity index (χ4v) is 5.06. The molecule has 0 aliphatic carbocycles. The number of thioether (sulfide) groups is 1. The molecule has 166 valence electrons. The Kier molecular flexibility index (Phi) is 6.26. The highest BCUT2D eigenvalue weighted by Crippen LogP contribution is 2.35. The Bertz CT molecular complexity index is 1230. The van der Waals surface area contributed by atoms with Crippen molar-refractivity contribution in [3.63, 3.8) is 0 Å². The molecule has 2 aromatic carbocycles. The summed E-state index contributed by atoms with van der Waals surface area (Å²) in [5.74, 6) is 0.645. The largest absolute Gasteiger partial charge is 0.495 e. The maximum atomic E-state index is 12.7. The van der Waals surface area contributed by atoms with Crippen molar-refractivity contribution in [2.45, 2.75) is 33.2 Å². The zero-order valence-corrected chi connectivity index (χ0v) is 20.3. The molecule has 2 N–H and O–H groups in total. The number of hydrogen-bond acceptors (Lipinski definition) is 4. The van der Waals surface area contributed by atoms with E-state index in [1.807, 2.05) is 50.3 Å². The number of methoxy groups -OCH3 is 1. The lowest BCUT2D eigenvalue weighted by Crippen LogP contribution is -2.31. The summed E-state index contributed by atoms with van der Waals surface area (Å²) in [6.07, 6.45) is 1.95. The second-order valence-electron chi connectivity index (χ2n) is 7.87. The maximum Gasteiger partial charge on any atom is 0.260 e. The van der Waals surface area contributed by atoms with Crippen molar-refractivity contribution in [3.8, 4) is 11.4 Å². The lowest BCUT2D eigenvalue weighted by Gasteiger charge is -2.16. The van der Waals surface area contributed by atoms with Gasteiger partial charge in [-0.05, 0) is 80.8 Å². The van der Waals surface area contributed by atoms with Crippen LogP contribution in [-0.2, 0) is 4.79 Å². The molecule has 5 nitrogen and oxygen atoms in total. The first kappa shape index (κ1) is 22.4. The number of anilines is 1. The van der Waals surface area contributed by atoms with E-state index in [-0.39, 0.29) is 11.4 Å². The van der Waals surface area contributed by atoms with Gasteiger partial charge in [-0.15, -0.1) is 0 Å². The van der Waals surface area contributed by atoms with E-state index in [2.05, 4.69) is 41.2 Å². The summed E-state index contributed by atoms with van der Waals surface area (Å²) in [7, 11) is 1.64.